The van der Waals surface area contributed by atoms with Crippen LogP contribution in [0.15, 0.2) is 17.1 Å². The van der Waals surface area contributed by atoms with Gasteiger partial charge in [0.15, 0.2) is 0 Å². The summed E-state index contributed by atoms with van der Waals surface area (Å²) >= 11 is 2.33. The molecular weight excluding hydrogens is 327 g/mol. The van der Waals surface area contributed by atoms with Crippen LogP contribution in [0.25, 0.3) is 0 Å². The van der Waals surface area contributed by atoms with Crippen LogP contribution in [0.1, 0.15) is 25.0 Å². The second-order valence-corrected chi connectivity index (χ2v) is 6.30. The Hall–Kier alpha value is -0.780. The molecule has 0 unspecified atom stereocenters. The van der Waals surface area contributed by atoms with E-state index in [9.17, 15) is 0 Å². The maximum absolute atomic E-state index is 5.55. The number of nitrogens with one attached hydrogen (secondary N) is 1. The van der Waals surface area contributed by atoms with Crippen LogP contribution in [0.3, 0.4) is 0 Å². The molecule has 0 spiro atoms. The smallest absolute Gasteiger partial charge is 0.289 e. The summed E-state index contributed by atoms with van der Waals surface area (Å²) < 4.78 is 6.80. The molecule has 0 fully saturated rings. The summed E-state index contributed by atoms with van der Waals surface area (Å²) in [7, 11) is 0. The molecule has 2 rings (SSSR count). The fourth-order valence-corrected chi connectivity index (χ4v) is 2.80. The standard InChI is InChI=1S/C13H17IN2O/c1-8-5-10(14)6-9(2)11(8)15-12-16-13(3,4)7-17-12/h5-6H,7H2,1-4H3,(H,15,16). The van der Waals surface area contributed by atoms with Gasteiger partial charge in [-0.15, -0.1) is 0 Å². The molecule has 0 aliphatic carbocycles. The van der Waals surface area contributed by atoms with E-state index in [4.69, 9.17) is 4.74 Å². The number of benzene rings is 1. The van der Waals surface area contributed by atoms with Crippen LogP contribution in [0.5, 0.6) is 0 Å². The van der Waals surface area contributed by atoms with Crippen molar-refractivity contribution >= 4 is 34.3 Å². The van der Waals surface area contributed by atoms with Gasteiger partial charge < -0.3 is 10.1 Å². The van der Waals surface area contributed by atoms with Gasteiger partial charge in [-0.3, -0.25) is 0 Å². The fourth-order valence-electron chi connectivity index (χ4n) is 1.86. The Bertz CT molecular complexity index is 457. The minimum atomic E-state index is -0.118. The predicted octanol–water partition coefficient (Wildman–Crippen LogP) is 3.48. The number of anilines is 1. The normalized spacial score (nSPS) is 17.6. The van der Waals surface area contributed by atoms with E-state index in [1.807, 2.05) is 0 Å². The van der Waals surface area contributed by atoms with Crippen LogP contribution >= 0.6 is 22.6 Å². The van der Waals surface area contributed by atoms with Gasteiger partial charge in [0.2, 0.25) is 0 Å². The van der Waals surface area contributed by atoms with Gasteiger partial charge in [-0.25, -0.2) is 4.99 Å². The third-order valence-electron chi connectivity index (χ3n) is 2.70. The van der Waals surface area contributed by atoms with Crippen molar-refractivity contribution in [3.63, 3.8) is 0 Å². The Morgan fingerprint density at radius 2 is 1.88 bits per heavy atom. The molecule has 0 bridgehead atoms. The van der Waals surface area contributed by atoms with E-state index in [2.05, 4.69) is 72.7 Å². The molecule has 0 saturated heterocycles. The molecule has 0 saturated carbocycles. The Morgan fingerprint density at radius 3 is 2.35 bits per heavy atom. The van der Waals surface area contributed by atoms with Crippen LogP contribution in [0.2, 0.25) is 0 Å². The highest BCUT2D eigenvalue weighted by molar-refractivity contribution is 14.1. The number of hydrogen-bond donors (Lipinski definition) is 1. The summed E-state index contributed by atoms with van der Waals surface area (Å²) in [5, 5.41) is 3.28. The average Bonchev–Trinajstić information content (AvgIpc) is 2.52. The van der Waals surface area contributed by atoms with Gasteiger partial charge in [-0.2, -0.15) is 0 Å². The van der Waals surface area contributed by atoms with E-state index >= 15 is 0 Å². The first-order valence-electron chi connectivity index (χ1n) is 5.64. The maximum atomic E-state index is 5.55. The van der Waals surface area contributed by atoms with Crippen LogP contribution in [0.4, 0.5) is 5.69 Å². The van der Waals surface area contributed by atoms with Crippen molar-refractivity contribution < 1.29 is 4.74 Å². The molecule has 92 valence electrons. The van der Waals surface area contributed by atoms with Crippen molar-refractivity contribution in [1.82, 2.24) is 0 Å². The van der Waals surface area contributed by atoms with Gasteiger partial charge in [0, 0.05) is 9.26 Å². The number of aryl methyl sites for hydroxylation is 2. The minimum absolute atomic E-state index is 0.118. The third-order valence-corrected chi connectivity index (χ3v) is 3.32. The molecule has 1 aromatic carbocycles. The first-order valence-corrected chi connectivity index (χ1v) is 6.72. The molecule has 17 heavy (non-hydrogen) atoms. The van der Waals surface area contributed by atoms with Crippen LogP contribution in [-0.2, 0) is 4.74 Å². The molecule has 4 heteroatoms. The number of rotatable bonds is 1. The van der Waals surface area contributed by atoms with Crippen LogP contribution in [0, 0.1) is 17.4 Å². The summed E-state index contributed by atoms with van der Waals surface area (Å²) in [6.45, 7) is 8.96. The summed E-state index contributed by atoms with van der Waals surface area (Å²) in [6, 6.07) is 4.93. The summed E-state index contributed by atoms with van der Waals surface area (Å²) in [5.74, 6) is 0. The molecule has 0 aromatic heterocycles. The zero-order chi connectivity index (χ0) is 12.6. The largest absolute Gasteiger partial charge is 0.462 e. The molecule has 1 aliphatic heterocycles. The van der Waals surface area contributed by atoms with Gasteiger partial charge in [-0.05, 0) is 73.5 Å². The highest BCUT2D eigenvalue weighted by Gasteiger charge is 2.26. The number of halogens is 1. The summed E-state index contributed by atoms with van der Waals surface area (Å²) in [4.78, 5) is 4.50. The lowest BCUT2D eigenvalue weighted by molar-refractivity contribution is 0.278. The SMILES string of the molecule is Cc1cc(I)cc(C)c1NC1=NC(C)(C)CO1. The molecule has 0 amide bonds. The van der Waals surface area contributed by atoms with E-state index in [0.29, 0.717) is 12.6 Å². The Kier molecular flexibility index (Phi) is 3.34. The van der Waals surface area contributed by atoms with E-state index < -0.39 is 0 Å². The minimum Gasteiger partial charge on any atom is -0.462 e. The van der Waals surface area contributed by atoms with Crippen LogP contribution < -0.4 is 5.32 Å². The van der Waals surface area contributed by atoms with E-state index in [1.165, 1.54) is 14.7 Å². The Labute approximate surface area is 116 Å². The Morgan fingerprint density at radius 1 is 1.29 bits per heavy atom. The zero-order valence-electron chi connectivity index (χ0n) is 10.6. The lowest BCUT2D eigenvalue weighted by Gasteiger charge is -2.12. The van der Waals surface area contributed by atoms with Gasteiger partial charge in [0.25, 0.3) is 6.02 Å². The monoisotopic (exact) mass is 344 g/mol. The number of ether oxygens (including phenoxy) is 1. The second kappa shape index (κ2) is 4.48. The zero-order valence-corrected chi connectivity index (χ0v) is 12.8. The lowest BCUT2D eigenvalue weighted by Crippen LogP contribution is -2.17. The average molecular weight is 344 g/mol. The molecule has 1 aliphatic rings. The van der Waals surface area contributed by atoms with Crippen molar-refractivity contribution in [2.45, 2.75) is 33.2 Å². The highest BCUT2D eigenvalue weighted by atomic mass is 127. The van der Waals surface area contributed by atoms with Gasteiger partial charge in [0.05, 0.1) is 5.54 Å². The highest BCUT2D eigenvalue weighted by Crippen LogP contribution is 2.25. The van der Waals surface area contributed by atoms with E-state index in [1.54, 1.807) is 0 Å². The van der Waals surface area contributed by atoms with Crippen molar-refractivity contribution in [3.8, 4) is 0 Å². The topological polar surface area (TPSA) is 33.6 Å². The molecular formula is C13H17IN2O. The quantitative estimate of drug-likeness (QED) is 0.792. The fraction of sp³-hybridized carbons (Fsp3) is 0.462. The number of aliphatic imine (C=N–C) groups is 1. The van der Waals surface area contributed by atoms with Crippen molar-refractivity contribution in [2.75, 3.05) is 11.9 Å². The summed E-state index contributed by atoms with van der Waals surface area (Å²) in [5.41, 5.74) is 3.41. The molecule has 1 N–H and O–H groups in total. The lowest BCUT2D eigenvalue weighted by atomic mass is 10.1. The first-order chi connectivity index (χ1) is 7.87. The molecule has 3 nitrogen and oxygen atoms in total. The van der Waals surface area contributed by atoms with E-state index in [0.717, 1.165) is 5.69 Å². The number of nitrogens with zero attached hydrogens (tertiary/aromatic N) is 1. The summed E-state index contributed by atoms with van der Waals surface area (Å²) in [6.07, 6.45) is 0. The van der Waals surface area contributed by atoms with E-state index in [-0.39, 0.29) is 5.54 Å². The van der Waals surface area contributed by atoms with Crippen LogP contribution in [-0.4, -0.2) is 18.2 Å². The number of amidine groups is 1. The first kappa shape index (κ1) is 12.7. The number of hydrogen-bond acceptors (Lipinski definition) is 3. The molecule has 1 aromatic rings. The molecule has 0 radical (unpaired) electrons. The third kappa shape index (κ3) is 2.91. The van der Waals surface area contributed by atoms with Gasteiger partial charge in [0.1, 0.15) is 6.61 Å². The van der Waals surface area contributed by atoms with Crippen molar-refractivity contribution in [3.05, 3.63) is 26.8 Å². The van der Waals surface area contributed by atoms with Crippen molar-refractivity contribution in [2.24, 2.45) is 4.99 Å². The van der Waals surface area contributed by atoms with Gasteiger partial charge in [-0.1, -0.05) is 0 Å². The second-order valence-electron chi connectivity index (χ2n) is 5.06. The van der Waals surface area contributed by atoms with Gasteiger partial charge >= 0.3 is 0 Å². The maximum Gasteiger partial charge on any atom is 0.289 e. The van der Waals surface area contributed by atoms with Crippen molar-refractivity contribution in [1.29, 1.82) is 0 Å². The predicted molar refractivity (Wildman–Crippen MR) is 79.7 cm³/mol. The Balaban J connectivity index is 2.26. The molecule has 0 atom stereocenters. The molecule has 1 heterocycles.